The molecule has 5 aromatic rings. The van der Waals surface area contributed by atoms with E-state index in [1.807, 2.05) is 16.7 Å². The number of nitriles is 1. The number of likely N-dealkylation sites (tertiary alicyclic amines) is 1. The number of benzene rings is 3. The number of piperazine rings is 1. The van der Waals surface area contributed by atoms with Crippen molar-refractivity contribution >= 4 is 46.3 Å². The number of rotatable bonds is 14. The molecule has 19 heteroatoms. The van der Waals surface area contributed by atoms with E-state index in [1.165, 1.54) is 42.5 Å². The van der Waals surface area contributed by atoms with Crippen molar-refractivity contribution in [2.24, 2.45) is 7.05 Å². The van der Waals surface area contributed by atoms with Crippen LogP contribution in [0, 0.1) is 11.3 Å². The Balaban J connectivity index is 0.780. The molecule has 1 atom stereocenters. The largest absolute Gasteiger partial charge is 0.493 e. The zero-order valence-electron chi connectivity index (χ0n) is 37.4. The van der Waals surface area contributed by atoms with Crippen molar-refractivity contribution < 1.29 is 42.2 Å². The van der Waals surface area contributed by atoms with Gasteiger partial charge in [0.15, 0.2) is 17.3 Å². The molecule has 1 N–H and O–H groups in total. The molecule has 0 saturated carbocycles. The number of fused-ring (bicyclic) bond motifs is 2. The van der Waals surface area contributed by atoms with E-state index in [9.17, 15) is 24.4 Å². The molecule has 4 aliphatic rings. The predicted molar refractivity (Wildman–Crippen MR) is 242 cm³/mol. The van der Waals surface area contributed by atoms with Crippen LogP contribution in [0.15, 0.2) is 72.9 Å². The number of piperidine rings is 1. The fourth-order valence-electron chi connectivity index (χ4n) is 9.58. The van der Waals surface area contributed by atoms with Gasteiger partial charge in [-0.05, 0) is 93.0 Å². The number of aryl methyl sites for hydroxylation is 1. The maximum atomic E-state index is 15.8. The van der Waals surface area contributed by atoms with Gasteiger partial charge in [0.1, 0.15) is 17.3 Å². The SMILES string of the molecule is CCOc1cc([C@@H](CC#N)N2C(=O)c3ccnc(N4CCN(C5CCN(CC(F)(F)c6ccc(Oc7ccc8c(N9CCC(=O)NC9=O)nn(C)c8c7)cc6)CC5)CC4)c3C2=O)ccc1OC. The third-order valence-corrected chi connectivity index (χ3v) is 13.0. The van der Waals surface area contributed by atoms with E-state index in [1.54, 1.807) is 54.2 Å². The smallest absolute Gasteiger partial charge is 0.329 e. The topological polar surface area (TPSA) is 179 Å². The number of halogens is 2. The number of amides is 5. The van der Waals surface area contributed by atoms with Gasteiger partial charge in [0.05, 0.1) is 55.4 Å². The number of methoxy groups -OCH3 is 1. The second-order valence-corrected chi connectivity index (χ2v) is 17.0. The zero-order valence-corrected chi connectivity index (χ0v) is 37.4. The molecule has 5 amide bonds. The van der Waals surface area contributed by atoms with Crippen LogP contribution in [0.1, 0.15) is 70.5 Å². The number of imide groups is 2. The first-order chi connectivity index (χ1) is 32.4. The monoisotopic (exact) mass is 916 g/mol. The average Bonchev–Trinajstić information content (AvgIpc) is 3.79. The van der Waals surface area contributed by atoms with E-state index in [-0.39, 0.29) is 48.0 Å². The second-order valence-electron chi connectivity index (χ2n) is 17.0. The number of carbonyl (C=O) groups is 4. The summed E-state index contributed by atoms with van der Waals surface area (Å²) in [5.74, 6) is -1.77. The Morgan fingerprint density at radius 2 is 1.63 bits per heavy atom. The van der Waals surface area contributed by atoms with E-state index in [4.69, 9.17) is 14.2 Å². The Morgan fingerprint density at radius 1 is 0.881 bits per heavy atom. The van der Waals surface area contributed by atoms with Crippen molar-refractivity contribution in [1.82, 2.24) is 34.8 Å². The van der Waals surface area contributed by atoms with Crippen molar-refractivity contribution in [3.05, 3.63) is 95.2 Å². The van der Waals surface area contributed by atoms with Crippen molar-refractivity contribution in [2.75, 3.05) is 75.9 Å². The molecule has 4 aliphatic heterocycles. The molecule has 0 unspecified atom stereocenters. The number of pyridine rings is 1. The lowest BCUT2D eigenvalue weighted by molar-refractivity contribution is -0.120. The molecule has 3 saturated heterocycles. The van der Waals surface area contributed by atoms with Crippen LogP contribution in [0.25, 0.3) is 10.9 Å². The molecular weight excluding hydrogens is 867 g/mol. The summed E-state index contributed by atoms with van der Waals surface area (Å²) >= 11 is 0. The quantitative estimate of drug-likeness (QED) is 0.124. The average molecular weight is 917 g/mol. The molecule has 67 heavy (non-hydrogen) atoms. The Kier molecular flexibility index (Phi) is 12.5. The molecule has 3 fully saturated rings. The number of anilines is 2. The minimum Gasteiger partial charge on any atom is -0.493 e. The van der Waals surface area contributed by atoms with Crippen LogP contribution in [-0.2, 0) is 17.8 Å². The molecule has 9 rings (SSSR count). The Labute approximate surface area is 385 Å². The zero-order chi connectivity index (χ0) is 47.0. The van der Waals surface area contributed by atoms with Crippen LogP contribution in [0.2, 0.25) is 0 Å². The summed E-state index contributed by atoms with van der Waals surface area (Å²) in [4.78, 5) is 65.6. The van der Waals surface area contributed by atoms with Crippen LogP contribution < -0.4 is 29.3 Å². The molecule has 6 heterocycles. The third kappa shape index (κ3) is 8.81. The summed E-state index contributed by atoms with van der Waals surface area (Å²) < 4.78 is 50.3. The molecule has 0 bridgehead atoms. The molecule has 3 aromatic carbocycles. The molecule has 0 aliphatic carbocycles. The molecular formula is C48H50F2N10O7. The highest BCUT2D eigenvalue weighted by Gasteiger charge is 2.44. The molecule has 2 aromatic heterocycles. The van der Waals surface area contributed by atoms with Gasteiger partial charge < -0.3 is 19.1 Å². The number of alkyl halides is 2. The normalized spacial score (nSPS) is 18.0. The Hall–Kier alpha value is -7.17. The van der Waals surface area contributed by atoms with Gasteiger partial charge in [-0.25, -0.2) is 9.78 Å². The van der Waals surface area contributed by atoms with E-state index < -0.39 is 36.4 Å². The molecule has 348 valence electrons. The minimum absolute atomic E-state index is 0.107. The number of ether oxygens (including phenoxy) is 3. The highest BCUT2D eigenvalue weighted by atomic mass is 19.3. The summed E-state index contributed by atoms with van der Waals surface area (Å²) in [5, 5.41) is 17.3. The number of nitrogens with zero attached hydrogens (tertiary/aromatic N) is 9. The highest BCUT2D eigenvalue weighted by molar-refractivity contribution is 6.23. The van der Waals surface area contributed by atoms with Gasteiger partial charge >= 0.3 is 6.03 Å². The number of aromatic nitrogens is 3. The standard InChI is InChI=1S/C48H50F2N10O7/c1-4-66-40-27-30(5-12-39(40)65-3)37(13-18-51)60-45(62)36-14-19-52-44(42(36)46(60)63)58-25-23-57(24-26-58)32-15-20-56(21-16-32)29-48(49,50)31-6-8-33(9-7-31)67-34-10-11-35-38(28-34)55(2)54-43(35)59-22-17-41(61)53-47(59)64/h5-12,14,19,27-28,32,37H,4,13,15-17,20-26,29H2,1-3H3,(H,53,61,64)/t37-/m1/s1. The minimum atomic E-state index is -3.10. The van der Waals surface area contributed by atoms with Crippen molar-refractivity contribution in [3.63, 3.8) is 0 Å². The summed E-state index contributed by atoms with van der Waals surface area (Å²) in [5.41, 5.74) is 1.62. The van der Waals surface area contributed by atoms with Crippen LogP contribution in [-0.4, -0.2) is 125 Å². The number of nitrogens with one attached hydrogen (secondary N) is 1. The number of hydrogen-bond acceptors (Lipinski definition) is 13. The fourth-order valence-corrected chi connectivity index (χ4v) is 9.58. The maximum absolute atomic E-state index is 15.8. The summed E-state index contributed by atoms with van der Waals surface area (Å²) in [7, 11) is 3.26. The summed E-state index contributed by atoms with van der Waals surface area (Å²) in [6.45, 7) is 5.52. The first kappa shape index (κ1) is 45.0. The van der Waals surface area contributed by atoms with Gasteiger partial charge in [0.25, 0.3) is 17.7 Å². The first-order valence-corrected chi connectivity index (χ1v) is 22.4. The Morgan fingerprint density at radius 3 is 2.33 bits per heavy atom. The predicted octanol–water partition coefficient (Wildman–Crippen LogP) is 6.24. The van der Waals surface area contributed by atoms with Gasteiger partial charge in [0.2, 0.25) is 5.91 Å². The summed E-state index contributed by atoms with van der Waals surface area (Å²) in [6, 6.07) is 18.7. The lowest BCUT2D eigenvalue weighted by Crippen LogP contribution is -2.54. The van der Waals surface area contributed by atoms with Crippen LogP contribution in [0.4, 0.5) is 25.2 Å². The summed E-state index contributed by atoms with van der Waals surface area (Å²) in [6.07, 6.45) is 3.05. The van der Waals surface area contributed by atoms with Crippen molar-refractivity contribution in [1.29, 1.82) is 5.26 Å². The highest BCUT2D eigenvalue weighted by Crippen LogP contribution is 2.40. The van der Waals surface area contributed by atoms with Gasteiger partial charge in [-0.1, -0.05) is 6.07 Å². The van der Waals surface area contributed by atoms with Crippen LogP contribution in [0.3, 0.4) is 0 Å². The van der Waals surface area contributed by atoms with Gasteiger partial charge in [-0.15, -0.1) is 0 Å². The van der Waals surface area contributed by atoms with E-state index in [0.29, 0.717) is 97.0 Å². The first-order valence-electron chi connectivity index (χ1n) is 22.4. The fraction of sp³-hybridized carbons (Fsp3) is 0.396. The lowest BCUT2D eigenvalue weighted by Gasteiger charge is -2.43. The molecule has 0 spiro atoms. The van der Waals surface area contributed by atoms with Crippen LogP contribution >= 0.6 is 0 Å². The second kappa shape index (κ2) is 18.6. The van der Waals surface area contributed by atoms with Gasteiger partial charge in [-0.2, -0.15) is 19.1 Å². The Bertz CT molecular complexity index is 2760. The van der Waals surface area contributed by atoms with Gasteiger partial charge in [0, 0.05) is 75.4 Å². The number of carbonyl (C=O) groups excluding carboxylic acids is 4. The van der Waals surface area contributed by atoms with Crippen molar-refractivity contribution in [3.8, 4) is 29.1 Å². The van der Waals surface area contributed by atoms with E-state index in [0.717, 1.165) is 17.7 Å². The van der Waals surface area contributed by atoms with E-state index in [2.05, 4.69) is 26.4 Å². The van der Waals surface area contributed by atoms with E-state index >= 15 is 8.78 Å². The number of hydrogen-bond donors (Lipinski definition) is 1. The third-order valence-electron chi connectivity index (χ3n) is 13.0. The maximum Gasteiger partial charge on any atom is 0.329 e. The van der Waals surface area contributed by atoms with Crippen molar-refractivity contribution in [2.45, 2.75) is 50.6 Å². The molecule has 17 nitrogen and oxygen atoms in total. The number of urea groups is 1. The molecule has 0 radical (unpaired) electrons. The van der Waals surface area contributed by atoms with Gasteiger partial charge in [-0.3, -0.25) is 44.0 Å². The lowest BCUT2D eigenvalue weighted by atomic mass is 10.0. The van der Waals surface area contributed by atoms with Crippen LogP contribution in [0.5, 0.6) is 23.0 Å².